The first-order valence-electron chi connectivity index (χ1n) is 4.95. The van der Waals surface area contributed by atoms with Crippen LogP contribution in [-0.4, -0.2) is 8.24 Å². The first-order valence-corrected chi connectivity index (χ1v) is 7.65. The summed E-state index contributed by atoms with van der Waals surface area (Å²) in [7, 11) is -1.66. The fraction of sp³-hybridized carbons (Fsp3) is 0.333. The van der Waals surface area contributed by atoms with Gasteiger partial charge in [-0.15, -0.1) is 19.7 Å². The monoisotopic (exact) mass is 207 g/mol. The molecule has 0 unspecified atom stereocenters. The molecule has 0 aliphatic heterocycles. The van der Waals surface area contributed by atoms with Crippen LogP contribution >= 0.6 is 0 Å². The van der Waals surface area contributed by atoms with E-state index in [1.807, 2.05) is 18.2 Å². The summed E-state index contributed by atoms with van der Waals surface area (Å²) in [4.78, 5) is 0. The van der Waals surface area contributed by atoms with Crippen molar-refractivity contribution in [2.45, 2.75) is 24.6 Å². The van der Waals surface area contributed by atoms with Crippen LogP contribution in [0.15, 0.2) is 50.1 Å². The molecule has 0 saturated heterocycles. The minimum Gasteiger partial charge on any atom is -0.350 e. The van der Waals surface area contributed by atoms with Crippen molar-refractivity contribution in [3.05, 3.63) is 50.1 Å². The summed E-state index contributed by atoms with van der Waals surface area (Å²) in [6, 6.07) is 2.91. The molecule has 14 heavy (non-hydrogen) atoms. The van der Waals surface area contributed by atoms with Crippen LogP contribution in [0.25, 0.3) is 0 Å². The average Bonchev–Trinajstić information content (AvgIpc) is 2.13. The molecule has 0 spiro atoms. The number of hydrogen-bond donors (Lipinski definition) is 1. The molecular weight excluding hydrogens is 186 g/mol. The van der Waals surface area contributed by atoms with Gasteiger partial charge in [0.25, 0.3) is 0 Å². The van der Waals surface area contributed by atoms with Crippen molar-refractivity contribution in [1.29, 1.82) is 0 Å². The molecule has 0 radical (unpaired) electrons. The zero-order valence-electron chi connectivity index (χ0n) is 8.91. The molecule has 0 fully saturated rings. The summed E-state index contributed by atoms with van der Waals surface area (Å²) in [6.45, 7) is 11.2. The van der Waals surface area contributed by atoms with Crippen molar-refractivity contribution < 1.29 is 0 Å². The Bertz CT molecular complexity index is 208. The standard InChI is InChI=1S/C12H21NSi/c1-4-7-8-9-12-14(13,10-5-2)11-6-3/h4-6,8-9H,1-3,7,10-13H2. The van der Waals surface area contributed by atoms with E-state index in [0.29, 0.717) is 0 Å². The Balaban J connectivity index is 4.12. The van der Waals surface area contributed by atoms with Gasteiger partial charge in [0.05, 0.1) is 0 Å². The molecule has 0 aromatic rings. The number of hydrogen-bond acceptors (Lipinski definition) is 1. The van der Waals surface area contributed by atoms with Gasteiger partial charge < -0.3 is 5.40 Å². The molecule has 0 aliphatic carbocycles. The lowest BCUT2D eigenvalue weighted by Crippen LogP contribution is -2.43. The van der Waals surface area contributed by atoms with Crippen LogP contribution < -0.4 is 5.40 Å². The highest BCUT2D eigenvalue weighted by Crippen LogP contribution is 2.16. The Morgan fingerprint density at radius 1 is 0.857 bits per heavy atom. The fourth-order valence-corrected chi connectivity index (χ4v) is 3.62. The molecule has 0 saturated carbocycles. The maximum absolute atomic E-state index is 6.32. The predicted molar refractivity (Wildman–Crippen MR) is 68.7 cm³/mol. The van der Waals surface area contributed by atoms with E-state index in [2.05, 4.69) is 31.9 Å². The smallest absolute Gasteiger partial charge is 0.134 e. The molecule has 0 aromatic heterocycles. The lowest BCUT2D eigenvalue weighted by atomic mass is 10.4. The zero-order chi connectivity index (χ0) is 10.9. The first kappa shape index (κ1) is 13.1. The summed E-state index contributed by atoms with van der Waals surface area (Å²) in [5.74, 6) is 0. The highest BCUT2D eigenvalue weighted by molar-refractivity contribution is 6.78. The minimum absolute atomic E-state index is 0.923. The van der Waals surface area contributed by atoms with Gasteiger partial charge in [-0.2, -0.15) is 0 Å². The van der Waals surface area contributed by atoms with Crippen LogP contribution in [-0.2, 0) is 0 Å². The van der Waals surface area contributed by atoms with E-state index >= 15 is 0 Å². The summed E-state index contributed by atoms with van der Waals surface area (Å²) in [5.41, 5.74) is 0. The lowest BCUT2D eigenvalue weighted by Gasteiger charge is -2.22. The molecule has 1 nitrogen and oxygen atoms in total. The van der Waals surface area contributed by atoms with Crippen molar-refractivity contribution >= 4 is 8.24 Å². The van der Waals surface area contributed by atoms with Crippen molar-refractivity contribution in [2.75, 3.05) is 0 Å². The maximum atomic E-state index is 6.32. The van der Waals surface area contributed by atoms with E-state index in [9.17, 15) is 0 Å². The summed E-state index contributed by atoms with van der Waals surface area (Å²) >= 11 is 0. The van der Waals surface area contributed by atoms with E-state index < -0.39 is 8.24 Å². The number of nitrogens with two attached hydrogens (primary N) is 1. The van der Waals surface area contributed by atoms with Crippen molar-refractivity contribution in [1.82, 2.24) is 0 Å². The second-order valence-electron chi connectivity index (χ2n) is 3.55. The largest absolute Gasteiger partial charge is 0.350 e. The second kappa shape index (κ2) is 7.53. The summed E-state index contributed by atoms with van der Waals surface area (Å²) < 4.78 is 0. The van der Waals surface area contributed by atoms with Gasteiger partial charge in [-0.1, -0.05) is 30.4 Å². The van der Waals surface area contributed by atoms with Gasteiger partial charge in [0, 0.05) is 0 Å². The van der Waals surface area contributed by atoms with Gasteiger partial charge in [0.1, 0.15) is 8.24 Å². The molecule has 0 amide bonds. The molecule has 0 aliphatic rings. The van der Waals surface area contributed by atoms with E-state index in [1.54, 1.807) is 0 Å². The minimum atomic E-state index is -1.66. The Labute approximate surface area is 88.8 Å². The van der Waals surface area contributed by atoms with Gasteiger partial charge in [-0.25, -0.2) is 0 Å². The van der Waals surface area contributed by atoms with Gasteiger partial charge in [0.15, 0.2) is 0 Å². The van der Waals surface area contributed by atoms with Gasteiger partial charge in [-0.3, -0.25) is 0 Å². The Morgan fingerprint density at radius 2 is 1.43 bits per heavy atom. The Hall–Kier alpha value is -0.863. The van der Waals surface area contributed by atoms with E-state index in [-0.39, 0.29) is 0 Å². The van der Waals surface area contributed by atoms with Crippen molar-refractivity contribution in [3.8, 4) is 0 Å². The quantitative estimate of drug-likeness (QED) is 0.479. The van der Waals surface area contributed by atoms with Gasteiger partial charge >= 0.3 is 0 Å². The SMILES string of the molecule is C=CCC=CC[Si](N)(CC=C)CC=C. The number of allylic oxidation sites excluding steroid dienone is 5. The first-order chi connectivity index (χ1) is 6.68. The average molecular weight is 207 g/mol. The van der Waals surface area contributed by atoms with E-state index in [1.165, 1.54) is 0 Å². The van der Waals surface area contributed by atoms with Crippen LogP contribution in [0.4, 0.5) is 0 Å². The third-order valence-electron chi connectivity index (χ3n) is 2.10. The van der Waals surface area contributed by atoms with E-state index in [0.717, 1.165) is 24.6 Å². The maximum Gasteiger partial charge on any atom is 0.134 e. The normalized spacial score (nSPS) is 11.5. The van der Waals surface area contributed by atoms with Crippen LogP contribution in [0.2, 0.25) is 18.1 Å². The summed E-state index contributed by atoms with van der Waals surface area (Å²) in [5, 5.41) is 6.32. The van der Waals surface area contributed by atoms with Crippen molar-refractivity contribution in [3.63, 3.8) is 0 Å². The topological polar surface area (TPSA) is 26.0 Å². The molecule has 2 N–H and O–H groups in total. The molecule has 78 valence electrons. The van der Waals surface area contributed by atoms with Crippen LogP contribution in [0.1, 0.15) is 6.42 Å². The van der Waals surface area contributed by atoms with Crippen LogP contribution in [0.3, 0.4) is 0 Å². The molecule has 0 atom stereocenters. The van der Waals surface area contributed by atoms with Crippen LogP contribution in [0.5, 0.6) is 0 Å². The highest BCUT2D eigenvalue weighted by Gasteiger charge is 2.23. The molecular formula is C12H21NSi. The van der Waals surface area contributed by atoms with Gasteiger partial charge in [0.2, 0.25) is 0 Å². The van der Waals surface area contributed by atoms with E-state index in [4.69, 9.17) is 5.40 Å². The summed E-state index contributed by atoms with van der Waals surface area (Å²) in [6.07, 6.45) is 11.0. The Morgan fingerprint density at radius 3 is 1.86 bits per heavy atom. The predicted octanol–water partition coefficient (Wildman–Crippen LogP) is 3.39. The molecule has 0 rings (SSSR count). The third kappa shape index (κ3) is 5.73. The highest BCUT2D eigenvalue weighted by atomic mass is 28.3. The second-order valence-corrected chi connectivity index (χ2v) is 7.50. The lowest BCUT2D eigenvalue weighted by molar-refractivity contribution is 1.28. The molecule has 2 heteroatoms. The molecule has 0 bridgehead atoms. The Kier molecular flexibility index (Phi) is 7.07. The third-order valence-corrected chi connectivity index (χ3v) is 5.35. The van der Waals surface area contributed by atoms with Gasteiger partial charge in [-0.05, 0) is 24.6 Å². The molecule has 0 aromatic carbocycles. The van der Waals surface area contributed by atoms with Crippen molar-refractivity contribution in [2.24, 2.45) is 5.40 Å². The molecule has 0 heterocycles. The zero-order valence-corrected chi connectivity index (χ0v) is 9.91. The van der Waals surface area contributed by atoms with Crippen LogP contribution in [0, 0.1) is 0 Å². The number of rotatable bonds is 8. The fourth-order valence-electron chi connectivity index (χ4n) is 1.34.